The number of ether oxygens (including phenoxy) is 1. The average molecular weight is 354 g/mol. The first-order chi connectivity index (χ1) is 12.8. The third-order valence-corrected chi connectivity index (χ3v) is 4.47. The fourth-order valence-electron chi connectivity index (χ4n) is 2.94. The summed E-state index contributed by atoms with van der Waals surface area (Å²) < 4.78 is 5.36. The first-order valence-electron chi connectivity index (χ1n) is 9.33. The number of hydrogen-bond acceptors (Lipinski definition) is 5. The van der Waals surface area contributed by atoms with Gasteiger partial charge in [0.05, 0.1) is 18.9 Å². The topological polar surface area (TPSA) is 67.4 Å². The molecule has 1 N–H and O–H groups in total. The maximum Gasteiger partial charge on any atom is 0.251 e. The Labute approximate surface area is 154 Å². The van der Waals surface area contributed by atoms with Crippen LogP contribution in [-0.2, 0) is 4.74 Å². The minimum Gasteiger partial charge on any atom is -0.378 e. The van der Waals surface area contributed by atoms with Crippen molar-refractivity contribution in [2.24, 2.45) is 0 Å². The second-order valence-corrected chi connectivity index (χ2v) is 6.42. The number of nitrogens with one attached hydrogen (secondary N) is 1. The molecule has 26 heavy (non-hydrogen) atoms. The Morgan fingerprint density at radius 3 is 2.73 bits per heavy atom. The summed E-state index contributed by atoms with van der Waals surface area (Å²) in [6, 6.07) is 11.5. The van der Waals surface area contributed by atoms with E-state index >= 15 is 0 Å². The molecular formula is C20H26N4O2. The molecule has 6 nitrogen and oxygen atoms in total. The number of amides is 1. The highest BCUT2D eigenvalue weighted by atomic mass is 16.5. The summed E-state index contributed by atoms with van der Waals surface area (Å²) in [6.45, 7) is 5.97. The fraction of sp³-hybridized carbons (Fsp3) is 0.450. The summed E-state index contributed by atoms with van der Waals surface area (Å²) in [5.74, 6) is 0.822. The highest BCUT2D eigenvalue weighted by molar-refractivity contribution is 5.95. The Bertz CT molecular complexity index is 712. The Balaban J connectivity index is 1.66. The highest BCUT2D eigenvalue weighted by Crippen LogP contribution is 2.20. The van der Waals surface area contributed by atoms with Crippen molar-refractivity contribution in [3.05, 3.63) is 42.0 Å². The number of aromatic nitrogens is 2. The Morgan fingerprint density at radius 1 is 1.15 bits per heavy atom. The van der Waals surface area contributed by atoms with E-state index in [1.165, 1.54) is 0 Å². The van der Waals surface area contributed by atoms with Crippen molar-refractivity contribution in [2.45, 2.75) is 26.2 Å². The fourth-order valence-corrected chi connectivity index (χ4v) is 2.94. The maximum absolute atomic E-state index is 12.3. The summed E-state index contributed by atoms with van der Waals surface area (Å²) in [5.41, 5.74) is 2.31. The van der Waals surface area contributed by atoms with Crippen molar-refractivity contribution in [1.29, 1.82) is 0 Å². The first kappa shape index (κ1) is 18.3. The largest absolute Gasteiger partial charge is 0.378 e. The van der Waals surface area contributed by atoms with Crippen LogP contribution in [0.3, 0.4) is 0 Å². The molecule has 0 spiro atoms. The standard InChI is InChI=1S/C20H26N4O2/c1-2-3-4-10-21-20(25)17-7-5-6-16(15-17)18-8-9-19(23-22-18)24-11-13-26-14-12-24/h5-9,15H,2-4,10-14H2,1H3,(H,21,25). The molecule has 1 fully saturated rings. The van der Waals surface area contributed by atoms with Crippen LogP contribution in [0.5, 0.6) is 0 Å². The van der Waals surface area contributed by atoms with Crippen LogP contribution < -0.4 is 10.2 Å². The van der Waals surface area contributed by atoms with Gasteiger partial charge in [0.15, 0.2) is 5.82 Å². The molecule has 138 valence electrons. The van der Waals surface area contributed by atoms with Gasteiger partial charge in [-0.1, -0.05) is 31.9 Å². The van der Waals surface area contributed by atoms with E-state index in [-0.39, 0.29) is 5.91 Å². The lowest BCUT2D eigenvalue weighted by Crippen LogP contribution is -2.36. The monoisotopic (exact) mass is 354 g/mol. The maximum atomic E-state index is 12.3. The second kappa shape index (κ2) is 9.29. The third-order valence-electron chi connectivity index (χ3n) is 4.47. The number of morpholine rings is 1. The van der Waals surface area contributed by atoms with Gasteiger partial charge in [0, 0.05) is 30.8 Å². The van der Waals surface area contributed by atoms with Gasteiger partial charge in [0.1, 0.15) is 0 Å². The molecule has 1 amide bonds. The van der Waals surface area contributed by atoms with Gasteiger partial charge in [-0.05, 0) is 30.7 Å². The lowest BCUT2D eigenvalue weighted by Gasteiger charge is -2.27. The normalized spacial score (nSPS) is 14.3. The zero-order valence-corrected chi connectivity index (χ0v) is 15.3. The first-order valence-corrected chi connectivity index (χ1v) is 9.33. The van der Waals surface area contributed by atoms with Gasteiger partial charge in [-0.2, -0.15) is 0 Å². The van der Waals surface area contributed by atoms with Gasteiger partial charge >= 0.3 is 0 Å². The number of carbonyl (C=O) groups is 1. The van der Waals surface area contributed by atoms with Crippen molar-refractivity contribution in [1.82, 2.24) is 15.5 Å². The highest BCUT2D eigenvalue weighted by Gasteiger charge is 2.13. The molecule has 1 aliphatic rings. The van der Waals surface area contributed by atoms with Crippen LogP contribution in [-0.4, -0.2) is 49.0 Å². The van der Waals surface area contributed by atoms with E-state index in [2.05, 4.69) is 27.3 Å². The van der Waals surface area contributed by atoms with Crippen LogP contribution in [0.4, 0.5) is 5.82 Å². The van der Waals surface area contributed by atoms with Crippen LogP contribution >= 0.6 is 0 Å². The van der Waals surface area contributed by atoms with E-state index in [1.807, 2.05) is 36.4 Å². The third kappa shape index (κ3) is 4.79. The summed E-state index contributed by atoms with van der Waals surface area (Å²) in [5, 5.41) is 11.7. The van der Waals surface area contributed by atoms with E-state index in [0.29, 0.717) is 12.1 Å². The minimum atomic E-state index is -0.0409. The molecule has 0 aliphatic carbocycles. The van der Waals surface area contributed by atoms with E-state index < -0.39 is 0 Å². The average Bonchev–Trinajstić information content (AvgIpc) is 2.72. The van der Waals surface area contributed by atoms with Gasteiger partial charge in [0.2, 0.25) is 0 Å². The number of benzene rings is 1. The minimum absolute atomic E-state index is 0.0409. The van der Waals surface area contributed by atoms with Crippen molar-refractivity contribution in [3.63, 3.8) is 0 Å². The smallest absolute Gasteiger partial charge is 0.251 e. The zero-order valence-electron chi connectivity index (χ0n) is 15.3. The van der Waals surface area contributed by atoms with E-state index in [4.69, 9.17) is 4.74 Å². The molecule has 6 heteroatoms. The van der Waals surface area contributed by atoms with Crippen LogP contribution in [0.1, 0.15) is 36.5 Å². The number of unbranched alkanes of at least 4 members (excludes halogenated alkanes) is 2. The summed E-state index contributed by atoms with van der Waals surface area (Å²) in [7, 11) is 0. The van der Waals surface area contributed by atoms with Crippen molar-refractivity contribution >= 4 is 11.7 Å². The number of carbonyl (C=O) groups excluding carboxylic acids is 1. The lowest BCUT2D eigenvalue weighted by molar-refractivity contribution is 0.0953. The van der Waals surface area contributed by atoms with E-state index in [9.17, 15) is 4.79 Å². The SMILES string of the molecule is CCCCCNC(=O)c1cccc(-c2ccc(N3CCOCC3)nn2)c1. The summed E-state index contributed by atoms with van der Waals surface area (Å²) in [4.78, 5) is 14.5. The number of hydrogen-bond donors (Lipinski definition) is 1. The molecule has 3 rings (SSSR count). The van der Waals surface area contributed by atoms with Crippen molar-refractivity contribution in [2.75, 3.05) is 37.7 Å². The Kier molecular flexibility index (Phi) is 6.55. The molecule has 1 aromatic heterocycles. The molecule has 1 saturated heterocycles. The molecular weight excluding hydrogens is 328 g/mol. The van der Waals surface area contributed by atoms with E-state index in [0.717, 1.165) is 62.6 Å². The predicted octanol–water partition coefficient (Wildman–Crippen LogP) is 2.90. The molecule has 0 saturated carbocycles. The zero-order chi connectivity index (χ0) is 18.2. The summed E-state index contributed by atoms with van der Waals surface area (Å²) in [6.07, 6.45) is 3.28. The Hall–Kier alpha value is -2.47. The number of rotatable bonds is 7. The van der Waals surface area contributed by atoms with Gasteiger partial charge in [-0.3, -0.25) is 4.79 Å². The molecule has 0 radical (unpaired) electrons. The molecule has 2 aromatic rings. The lowest BCUT2D eigenvalue weighted by atomic mass is 10.1. The van der Waals surface area contributed by atoms with Crippen LogP contribution in [0.25, 0.3) is 11.3 Å². The molecule has 0 unspecified atom stereocenters. The molecule has 2 heterocycles. The van der Waals surface area contributed by atoms with Crippen molar-refractivity contribution < 1.29 is 9.53 Å². The van der Waals surface area contributed by atoms with Gasteiger partial charge in [-0.15, -0.1) is 10.2 Å². The van der Waals surface area contributed by atoms with Crippen LogP contribution in [0.2, 0.25) is 0 Å². The molecule has 1 aliphatic heterocycles. The summed E-state index contributed by atoms with van der Waals surface area (Å²) >= 11 is 0. The van der Waals surface area contributed by atoms with Gasteiger partial charge < -0.3 is 15.0 Å². The predicted molar refractivity (Wildman–Crippen MR) is 102 cm³/mol. The number of nitrogens with zero attached hydrogens (tertiary/aromatic N) is 3. The molecule has 0 atom stereocenters. The van der Waals surface area contributed by atoms with E-state index in [1.54, 1.807) is 0 Å². The molecule has 1 aromatic carbocycles. The quantitative estimate of drug-likeness (QED) is 0.775. The molecule has 0 bridgehead atoms. The van der Waals surface area contributed by atoms with Gasteiger partial charge in [0.25, 0.3) is 5.91 Å². The number of anilines is 1. The van der Waals surface area contributed by atoms with Gasteiger partial charge in [-0.25, -0.2) is 0 Å². The van der Waals surface area contributed by atoms with Crippen LogP contribution in [0.15, 0.2) is 36.4 Å². The second-order valence-electron chi connectivity index (χ2n) is 6.42. The van der Waals surface area contributed by atoms with Crippen LogP contribution in [0, 0.1) is 0 Å². The Morgan fingerprint density at radius 2 is 2.00 bits per heavy atom. The van der Waals surface area contributed by atoms with Crippen molar-refractivity contribution in [3.8, 4) is 11.3 Å².